The molecule has 5 N–H and O–H groups in total. The van der Waals surface area contributed by atoms with Crippen LogP contribution in [0.2, 0.25) is 0 Å². The molecule has 0 aliphatic rings. The van der Waals surface area contributed by atoms with Crippen LogP contribution in [0, 0.1) is 0 Å². The quantitative estimate of drug-likeness (QED) is 0.412. The Hall–Kier alpha value is 0.470. The fourth-order valence-corrected chi connectivity index (χ4v) is 0. The van der Waals surface area contributed by atoms with Crippen molar-refractivity contribution in [2.45, 2.75) is 0 Å². The van der Waals surface area contributed by atoms with Crippen molar-refractivity contribution in [3.63, 3.8) is 0 Å². The molecule has 0 aromatic heterocycles. The molecule has 0 rings (SSSR count). The molecule has 0 unspecified atom stereocenters. The Morgan fingerprint density at radius 1 is 1.40 bits per heavy atom. The van der Waals surface area contributed by atoms with Crippen LogP contribution in [0.5, 0.6) is 0 Å². The van der Waals surface area contributed by atoms with Gasteiger partial charge >= 0.3 is 30.4 Å². The normalized spacial score (nSPS) is 7.00. The van der Waals surface area contributed by atoms with Crippen molar-refractivity contribution < 1.29 is 10.0 Å². The monoisotopic (exact) mass is 197 g/mol. The molecule has 0 amide bonds. The fourth-order valence-electron chi connectivity index (χ4n) is 0. The summed E-state index contributed by atoms with van der Waals surface area (Å²) >= 11 is -3.61. The summed E-state index contributed by atoms with van der Waals surface area (Å²) in [6.45, 7) is 0. The second-order valence-corrected chi connectivity index (χ2v) is 1.55. The summed E-state index contributed by atoms with van der Waals surface area (Å²) in [7, 11) is 0. The predicted octanol–water partition coefficient (Wildman–Crippen LogP) is -1.45. The fraction of sp³-hybridized carbons (Fsp3) is 0. The van der Waals surface area contributed by atoms with E-state index >= 15 is 0 Å². The van der Waals surface area contributed by atoms with E-state index in [4.69, 9.17) is 10.0 Å². The van der Waals surface area contributed by atoms with E-state index in [2.05, 4.69) is 0 Å². The van der Waals surface area contributed by atoms with E-state index in [9.17, 15) is 0 Å². The number of rotatable bonds is 0. The van der Waals surface area contributed by atoms with E-state index in [1.165, 1.54) is 0 Å². The van der Waals surface area contributed by atoms with Gasteiger partial charge in [0.25, 0.3) is 0 Å². The number of hydrogen-bond donors (Lipinski definition) is 3. The zero-order chi connectivity index (χ0) is 3.58. The van der Waals surface area contributed by atoms with Gasteiger partial charge in [-0.2, -0.15) is 0 Å². The van der Waals surface area contributed by atoms with Crippen molar-refractivity contribution in [2.24, 2.45) is 0 Å². The summed E-state index contributed by atoms with van der Waals surface area (Å²) in [5.74, 6) is 0. The molecule has 0 heterocycles. The minimum absolute atomic E-state index is 0. The van der Waals surface area contributed by atoms with Crippen molar-refractivity contribution in [1.82, 2.24) is 6.15 Å². The van der Waals surface area contributed by atoms with Crippen molar-refractivity contribution in [3.05, 3.63) is 0 Å². The molecule has 0 aliphatic heterocycles. The SMILES string of the molecule is N.O=[Te](O)O. The molecule has 0 bridgehead atoms. The average molecular weight is 195 g/mol. The van der Waals surface area contributed by atoms with Crippen molar-refractivity contribution in [1.29, 1.82) is 0 Å². The Kier molecular flexibility index (Phi) is 8.11. The van der Waals surface area contributed by atoms with Gasteiger partial charge in [-0.25, -0.2) is 0 Å². The topological polar surface area (TPSA) is 92.5 Å². The van der Waals surface area contributed by atoms with Crippen LogP contribution in [0.4, 0.5) is 0 Å². The Balaban J connectivity index is 0. The number of hydrogen-bond acceptors (Lipinski definition) is 2. The molecule has 5 heteroatoms. The van der Waals surface area contributed by atoms with Crippen LogP contribution in [0.1, 0.15) is 0 Å². The maximum atomic E-state index is 8.81. The van der Waals surface area contributed by atoms with Gasteiger partial charge in [-0.05, 0) is 0 Å². The summed E-state index contributed by atoms with van der Waals surface area (Å²) in [5.41, 5.74) is 0. The summed E-state index contributed by atoms with van der Waals surface area (Å²) in [6, 6.07) is 0. The van der Waals surface area contributed by atoms with E-state index in [1.807, 2.05) is 0 Å². The average Bonchev–Trinajstić information content (AvgIpc) is 0.811. The van der Waals surface area contributed by atoms with Crippen molar-refractivity contribution in [3.8, 4) is 0 Å². The van der Waals surface area contributed by atoms with Crippen LogP contribution in [-0.4, -0.2) is 27.3 Å². The van der Waals surface area contributed by atoms with Crippen LogP contribution in [0.3, 0.4) is 0 Å². The third-order valence-electron chi connectivity index (χ3n) is 0. The first-order valence-corrected chi connectivity index (χ1v) is 3.57. The van der Waals surface area contributed by atoms with Crippen LogP contribution in [-0.2, 0) is 3.10 Å². The molecular weight excluding hydrogens is 190 g/mol. The van der Waals surface area contributed by atoms with Crippen LogP contribution in [0.15, 0.2) is 0 Å². The molecule has 0 atom stereocenters. The van der Waals surface area contributed by atoms with E-state index in [-0.39, 0.29) is 6.15 Å². The molecule has 5 heavy (non-hydrogen) atoms. The van der Waals surface area contributed by atoms with E-state index in [0.29, 0.717) is 0 Å². The Morgan fingerprint density at radius 3 is 1.40 bits per heavy atom. The molecule has 0 spiro atoms. The van der Waals surface area contributed by atoms with Gasteiger partial charge in [0.05, 0.1) is 0 Å². The predicted molar refractivity (Wildman–Crippen MR) is 15.9 cm³/mol. The first-order valence-electron chi connectivity index (χ1n) is 0.532. The second kappa shape index (κ2) is 4.47. The van der Waals surface area contributed by atoms with Gasteiger partial charge in [0.1, 0.15) is 0 Å². The third kappa shape index (κ3) is 124. The van der Waals surface area contributed by atoms with Crippen LogP contribution < -0.4 is 6.15 Å². The van der Waals surface area contributed by atoms with Crippen LogP contribution in [0.25, 0.3) is 0 Å². The van der Waals surface area contributed by atoms with Gasteiger partial charge in [0, 0.05) is 0 Å². The van der Waals surface area contributed by atoms with Gasteiger partial charge in [-0.1, -0.05) is 0 Å². The Labute approximate surface area is 37.1 Å². The summed E-state index contributed by atoms with van der Waals surface area (Å²) in [5, 5.41) is 0. The molecule has 0 aromatic carbocycles. The summed E-state index contributed by atoms with van der Waals surface area (Å²) in [4.78, 5) is 0. The van der Waals surface area contributed by atoms with Gasteiger partial charge in [0.2, 0.25) is 0 Å². The molecule has 0 saturated heterocycles. The Bertz CT molecular complexity index is 29.9. The van der Waals surface area contributed by atoms with E-state index in [0.717, 1.165) is 0 Å². The van der Waals surface area contributed by atoms with Gasteiger partial charge in [-0.15, -0.1) is 0 Å². The molecular formula is H5NO3Te. The molecule has 0 fully saturated rings. The van der Waals surface area contributed by atoms with Gasteiger partial charge < -0.3 is 6.15 Å². The zero-order valence-corrected chi connectivity index (χ0v) is 4.75. The van der Waals surface area contributed by atoms with Crippen molar-refractivity contribution >= 4 is 20.4 Å². The zero-order valence-electron chi connectivity index (χ0n) is 2.42. The standard InChI is InChI=1S/H3N.H2O3Te/c;1-4(2)3/h1H3;(H2,1,2,3). The van der Waals surface area contributed by atoms with Gasteiger partial charge in [-0.3, -0.25) is 0 Å². The Morgan fingerprint density at radius 2 is 1.40 bits per heavy atom. The minimum atomic E-state index is -3.61. The molecule has 0 saturated carbocycles. The first-order chi connectivity index (χ1) is 1.73. The molecule has 0 aliphatic carbocycles. The summed E-state index contributed by atoms with van der Waals surface area (Å²) < 4.78 is 23.3. The molecule has 0 aromatic rings. The van der Waals surface area contributed by atoms with E-state index in [1.54, 1.807) is 0 Å². The van der Waals surface area contributed by atoms with Crippen LogP contribution >= 0.6 is 0 Å². The van der Waals surface area contributed by atoms with Gasteiger partial charge in [0.15, 0.2) is 0 Å². The third-order valence-corrected chi connectivity index (χ3v) is 0. The first kappa shape index (κ1) is 9.08. The molecule has 4 nitrogen and oxygen atoms in total. The van der Waals surface area contributed by atoms with E-state index < -0.39 is 20.4 Å². The molecule has 34 valence electrons. The second-order valence-electron chi connectivity index (χ2n) is 0.231. The summed E-state index contributed by atoms with van der Waals surface area (Å²) in [6.07, 6.45) is 0. The molecule has 0 radical (unpaired) electrons. The maximum absolute atomic E-state index is 8.81. The van der Waals surface area contributed by atoms with Crippen molar-refractivity contribution in [2.75, 3.05) is 0 Å².